The minimum absolute atomic E-state index is 0.0128. The number of aliphatic carboxylic acids is 1. The molecule has 0 heterocycles. The van der Waals surface area contributed by atoms with Gasteiger partial charge in [-0.3, -0.25) is 9.59 Å². The number of carbonyl (C=O) groups excluding carboxylic acids is 1. The quantitative estimate of drug-likeness (QED) is 0.841. The van der Waals surface area contributed by atoms with Gasteiger partial charge >= 0.3 is 5.97 Å². The lowest BCUT2D eigenvalue weighted by Crippen LogP contribution is -2.38. The third-order valence-corrected chi connectivity index (χ3v) is 2.93. The minimum Gasteiger partial charge on any atom is -0.481 e. The van der Waals surface area contributed by atoms with Gasteiger partial charge in [-0.1, -0.05) is 6.07 Å². The van der Waals surface area contributed by atoms with E-state index in [1.54, 1.807) is 0 Å². The molecule has 0 saturated heterocycles. The molecule has 4 nitrogen and oxygen atoms in total. The SMILES string of the molecule is CC(C)(CNC(=O)CCc1ccc(F)c(F)c1)C(=O)O. The minimum atomic E-state index is -1.04. The van der Waals surface area contributed by atoms with Gasteiger partial charge < -0.3 is 10.4 Å². The van der Waals surface area contributed by atoms with Crippen molar-refractivity contribution in [1.82, 2.24) is 5.32 Å². The van der Waals surface area contributed by atoms with Crippen LogP contribution in [0.1, 0.15) is 25.8 Å². The number of carboxylic acid groups (broad SMARTS) is 1. The normalized spacial score (nSPS) is 11.2. The highest BCUT2D eigenvalue weighted by atomic mass is 19.2. The van der Waals surface area contributed by atoms with E-state index in [0.29, 0.717) is 5.56 Å². The van der Waals surface area contributed by atoms with E-state index in [2.05, 4.69) is 5.32 Å². The molecule has 0 bridgehead atoms. The van der Waals surface area contributed by atoms with Crippen molar-refractivity contribution in [3.8, 4) is 0 Å². The van der Waals surface area contributed by atoms with Crippen molar-refractivity contribution in [3.63, 3.8) is 0 Å². The Kier molecular flexibility index (Phi) is 5.19. The smallest absolute Gasteiger partial charge is 0.310 e. The molecule has 0 unspecified atom stereocenters. The lowest BCUT2D eigenvalue weighted by atomic mass is 9.94. The van der Waals surface area contributed by atoms with E-state index < -0.39 is 23.0 Å². The van der Waals surface area contributed by atoms with Crippen LogP contribution in [0, 0.1) is 17.0 Å². The summed E-state index contributed by atoms with van der Waals surface area (Å²) in [6, 6.07) is 3.47. The molecule has 1 amide bonds. The highest BCUT2D eigenvalue weighted by Crippen LogP contribution is 2.14. The summed E-state index contributed by atoms with van der Waals surface area (Å²) in [4.78, 5) is 22.4. The fraction of sp³-hybridized carbons (Fsp3) is 0.429. The summed E-state index contributed by atoms with van der Waals surface area (Å²) in [5, 5.41) is 11.4. The zero-order chi connectivity index (χ0) is 15.3. The van der Waals surface area contributed by atoms with E-state index in [1.807, 2.05) is 0 Å². The monoisotopic (exact) mass is 285 g/mol. The molecule has 2 N–H and O–H groups in total. The first-order valence-electron chi connectivity index (χ1n) is 6.16. The van der Waals surface area contributed by atoms with Crippen molar-refractivity contribution in [1.29, 1.82) is 0 Å². The summed E-state index contributed by atoms with van der Waals surface area (Å²) in [5.41, 5.74) is -0.533. The van der Waals surface area contributed by atoms with Crippen molar-refractivity contribution < 1.29 is 23.5 Å². The second-order valence-electron chi connectivity index (χ2n) is 5.21. The van der Waals surface area contributed by atoms with E-state index in [4.69, 9.17) is 5.11 Å². The molecule has 1 aromatic rings. The van der Waals surface area contributed by atoms with E-state index in [0.717, 1.165) is 12.1 Å². The summed E-state index contributed by atoms with van der Waals surface area (Å²) in [6.07, 6.45) is 0.345. The van der Waals surface area contributed by atoms with Crippen LogP contribution in [0.15, 0.2) is 18.2 Å². The summed E-state index contributed by atoms with van der Waals surface area (Å²) in [7, 11) is 0. The highest BCUT2D eigenvalue weighted by Gasteiger charge is 2.27. The Morgan fingerprint density at radius 3 is 2.45 bits per heavy atom. The molecule has 1 rings (SSSR count). The lowest BCUT2D eigenvalue weighted by molar-refractivity contribution is -0.146. The third kappa shape index (κ3) is 4.60. The number of rotatable bonds is 6. The Hall–Kier alpha value is -1.98. The Bertz CT molecular complexity index is 515. The zero-order valence-electron chi connectivity index (χ0n) is 11.4. The third-order valence-electron chi connectivity index (χ3n) is 2.93. The van der Waals surface area contributed by atoms with Crippen molar-refractivity contribution >= 4 is 11.9 Å². The molecular weight excluding hydrogens is 268 g/mol. The van der Waals surface area contributed by atoms with E-state index in [-0.39, 0.29) is 25.3 Å². The van der Waals surface area contributed by atoms with Crippen LogP contribution in [0.3, 0.4) is 0 Å². The van der Waals surface area contributed by atoms with Gasteiger partial charge in [0.25, 0.3) is 0 Å². The first-order valence-corrected chi connectivity index (χ1v) is 6.16. The van der Waals surface area contributed by atoms with Crippen molar-refractivity contribution in [2.45, 2.75) is 26.7 Å². The standard InChI is InChI=1S/C14H17F2NO3/c1-14(2,13(19)20)8-17-12(18)6-4-9-3-5-10(15)11(16)7-9/h3,5,7H,4,6,8H2,1-2H3,(H,17,18)(H,19,20). The van der Waals surface area contributed by atoms with Gasteiger partial charge in [-0.2, -0.15) is 0 Å². The lowest BCUT2D eigenvalue weighted by Gasteiger charge is -2.19. The Morgan fingerprint density at radius 2 is 1.90 bits per heavy atom. The van der Waals surface area contributed by atoms with Gasteiger partial charge in [0.1, 0.15) is 0 Å². The van der Waals surface area contributed by atoms with Crippen LogP contribution in [0.4, 0.5) is 8.78 Å². The fourth-order valence-corrected chi connectivity index (χ4v) is 1.44. The van der Waals surface area contributed by atoms with Crippen LogP contribution in [0.2, 0.25) is 0 Å². The molecule has 0 aliphatic carbocycles. The van der Waals surface area contributed by atoms with Crippen LogP contribution in [-0.4, -0.2) is 23.5 Å². The van der Waals surface area contributed by atoms with Gasteiger partial charge in [0.15, 0.2) is 11.6 Å². The summed E-state index contributed by atoms with van der Waals surface area (Å²) >= 11 is 0. The number of nitrogens with one attached hydrogen (secondary N) is 1. The zero-order valence-corrected chi connectivity index (χ0v) is 11.4. The van der Waals surface area contributed by atoms with E-state index in [1.165, 1.54) is 19.9 Å². The number of halogens is 2. The van der Waals surface area contributed by atoms with Crippen LogP contribution < -0.4 is 5.32 Å². The highest BCUT2D eigenvalue weighted by molar-refractivity contribution is 5.78. The summed E-state index contributed by atoms with van der Waals surface area (Å²) in [5.74, 6) is -3.21. The first kappa shape index (κ1) is 16.1. The Labute approximate surface area is 115 Å². The average molecular weight is 285 g/mol. The summed E-state index contributed by atoms with van der Waals surface area (Å²) < 4.78 is 25.7. The molecule has 0 aliphatic rings. The number of amides is 1. The molecule has 0 fully saturated rings. The van der Waals surface area contributed by atoms with E-state index in [9.17, 15) is 18.4 Å². The molecule has 0 saturated carbocycles. The molecule has 110 valence electrons. The van der Waals surface area contributed by atoms with Crippen LogP contribution in [-0.2, 0) is 16.0 Å². The largest absolute Gasteiger partial charge is 0.481 e. The molecule has 0 radical (unpaired) electrons. The number of hydrogen-bond acceptors (Lipinski definition) is 2. The van der Waals surface area contributed by atoms with Gasteiger partial charge in [0.2, 0.25) is 5.91 Å². The Morgan fingerprint density at radius 1 is 1.25 bits per heavy atom. The number of hydrogen-bond donors (Lipinski definition) is 2. The van der Waals surface area contributed by atoms with Crippen molar-refractivity contribution in [2.24, 2.45) is 5.41 Å². The second kappa shape index (κ2) is 6.45. The molecule has 0 aromatic heterocycles. The number of aryl methyl sites for hydroxylation is 1. The topological polar surface area (TPSA) is 66.4 Å². The molecule has 1 aromatic carbocycles. The molecule has 0 atom stereocenters. The van der Waals surface area contributed by atoms with Crippen LogP contribution in [0.25, 0.3) is 0 Å². The van der Waals surface area contributed by atoms with Gasteiger partial charge in [-0.15, -0.1) is 0 Å². The molecule has 6 heteroatoms. The molecule has 0 spiro atoms. The maximum atomic E-state index is 13.0. The van der Waals surface area contributed by atoms with Crippen LogP contribution in [0.5, 0.6) is 0 Å². The predicted octanol–water partition coefficient (Wildman–Crippen LogP) is 2.12. The van der Waals surface area contributed by atoms with Gasteiger partial charge in [-0.05, 0) is 38.0 Å². The maximum absolute atomic E-state index is 13.0. The fourth-order valence-electron chi connectivity index (χ4n) is 1.44. The second-order valence-corrected chi connectivity index (χ2v) is 5.21. The van der Waals surface area contributed by atoms with Gasteiger partial charge in [0.05, 0.1) is 5.41 Å². The molecular formula is C14H17F2NO3. The Balaban J connectivity index is 2.44. The molecule has 0 aliphatic heterocycles. The van der Waals surface area contributed by atoms with Gasteiger partial charge in [0, 0.05) is 13.0 Å². The molecule has 20 heavy (non-hydrogen) atoms. The van der Waals surface area contributed by atoms with Crippen LogP contribution >= 0.6 is 0 Å². The van der Waals surface area contributed by atoms with Crippen molar-refractivity contribution in [3.05, 3.63) is 35.4 Å². The van der Waals surface area contributed by atoms with E-state index >= 15 is 0 Å². The average Bonchev–Trinajstić information content (AvgIpc) is 2.37. The first-order chi connectivity index (χ1) is 9.22. The number of carbonyl (C=O) groups is 2. The summed E-state index contributed by atoms with van der Waals surface area (Å²) in [6.45, 7) is 3.02. The van der Waals surface area contributed by atoms with Crippen molar-refractivity contribution in [2.75, 3.05) is 6.54 Å². The number of benzene rings is 1. The predicted molar refractivity (Wildman–Crippen MR) is 69.1 cm³/mol. The number of carboxylic acids is 1. The van der Waals surface area contributed by atoms with Gasteiger partial charge in [-0.25, -0.2) is 8.78 Å². The maximum Gasteiger partial charge on any atom is 0.310 e.